The van der Waals surface area contributed by atoms with E-state index >= 15 is 0 Å². The van der Waals surface area contributed by atoms with Gasteiger partial charge in [0.2, 0.25) is 15.9 Å². The highest BCUT2D eigenvalue weighted by molar-refractivity contribution is 7.89. The summed E-state index contributed by atoms with van der Waals surface area (Å²) in [7, 11) is -3.77. The molecule has 0 saturated heterocycles. The summed E-state index contributed by atoms with van der Waals surface area (Å²) in [5.74, 6) is -0.210. The summed E-state index contributed by atoms with van der Waals surface area (Å²) in [6, 6.07) is 10.2. The summed E-state index contributed by atoms with van der Waals surface area (Å²) in [4.78, 5) is 11.6. The Morgan fingerprint density at radius 1 is 1.08 bits per heavy atom. The van der Waals surface area contributed by atoms with E-state index in [4.69, 9.17) is 5.73 Å². The summed E-state index contributed by atoms with van der Waals surface area (Å²) in [6.45, 7) is 5.47. The van der Waals surface area contributed by atoms with E-state index in [9.17, 15) is 13.2 Å². The maximum Gasteiger partial charge on any atom is 0.241 e. The molecule has 0 atom stereocenters. The fraction of sp³-hybridized carbons (Fsp3) is 0.389. The van der Waals surface area contributed by atoms with Crippen molar-refractivity contribution in [1.82, 2.24) is 4.72 Å². The van der Waals surface area contributed by atoms with Crippen molar-refractivity contribution in [1.29, 1.82) is 0 Å². The van der Waals surface area contributed by atoms with Crippen LogP contribution >= 0.6 is 0 Å². The second-order valence-corrected chi connectivity index (χ2v) is 7.79. The average molecular weight is 363 g/mol. The number of carbonyl (C=O) groups is 1. The van der Waals surface area contributed by atoms with Gasteiger partial charge in [-0.3, -0.25) is 4.79 Å². The number of anilines is 1. The second kappa shape index (κ2) is 7.51. The largest absolute Gasteiger partial charge is 0.329 e. The highest BCUT2D eigenvalue weighted by atomic mass is 32.2. The molecule has 0 aliphatic heterocycles. The number of hydrogen-bond acceptors (Lipinski definition) is 4. The van der Waals surface area contributed by atoms with Gasteiger partial charge in [-0.15, -0.1) is 0 Å². The Morgan fingerprint density at radius 2 is 1.68 bits per heavy atom. The number of amides is 1. The second-order valence-electron chi connectivity index (χ2n) is 6.14. The van der Waals surface area contributed by atoms with Gasteiger partial charge in [-0.05, 0) is 25.0 Å². The van der Waals surface area contributed by atoms with Crippen LogP contribution < -0.4 is 15.8 Å². The molecule has 7 heteroatoms. The Labute approximate surface area is 148 Å². The Bertz CT molecular complexity index is 866. The van der Waals surface area contributed by atoms with E-state index < -0.39 is 15.6 Å². The molecule has 0 radical (unpaired) electrons. The Hall–Kier alpha value is -1.96. The van der Waals surface area contributed by atoms with Crippen molar-refractivity contribution in [2.45, 2.75) is 44.0 Å². The molecular weight excluding hydrogens is 338 g/mol. The average Bonchev–Trinajstić information content (AvgIpc) is 2.59. The van der Waals surface area contributed by atoms with Crippen LogP contribution in [0, 0.1) is 0 Å². The van der Waals surface area contributed by atoms with E-state index in [1.165, 1.54) is 13.0 Å². The highest BCUT2D eigenvalue weighted by Gasteiger charge is 2.31. The molecule has 6 nitrogen and oxygen atoms in total. The van der Waals surface area contributed by atoms with Crippen LogP contribution in [0.3, 0.4) is 0 Å². The molecule has 0 bridgehead atoms. The van der Waals surface area contributed by atoms with Crippen LogP contribution in [0.4, 0.5) is 5.69 Å². The first-order valence-electron chi connectivity index (χ1n) is 8.32. The maximum absolute atomic E-state index is 13.0. The fourth-order valence-electron chi connectivity index (χ4n) is 2.87. The van der Waals surface area contributed by atoms with Crippen LogP contribution in [0.5, 0.6) is 0 Å². The zero-order valence-corrected chi connectivity index (χ0v) is 15.6. The molecule has 2 aromatic rings. The van der Waals surface area contributed by atoms with Crippen molar-refractivity contribution >= 4 is 32.4 Å². The number of carbonyl (C=O) groups excluding carboxylic acids is 1. The number of rotatable bonds is 7. The van der Waals surface area contributed by atoms with E-state index in [0.717, 1.165) is 0 Å². The molecule has 1 amide bonds. The van der Waals surface area contributed by atoms with E-state index in [0.29, 0.717) is 29.3 Å². The molecule has 2 aromatic carbocycles. The molecule has 0 saturated carbocycles. The lowest BCUT2D eigenvalue weighted by molar-refractivity contribution is -0.114. The first-order valence-corrected chi connectivity index (χ1v) is 9.80. The molecular formula is C18H25N3O3S. The first-order chi connectivity index (χ1) is 11.8. The van der Waals surface area contributed by atoms with Crippen LogP contribution in [-0.4, -0.2) is 26.4 Å². The van der Waals surface area contributed by atoms with Gasteiger partial charge >= 0.3 is 0 Å². The minimum atomic E-state index is -3.77. The van der Waals surface area contributed by atoms with Crippen LogP contribution in [0.2, 0.25) is 0 Å². The molecule has 0 aromatic heterocycles. The van der Waals surface area contributed by atoms with Gasteiger partial charge < -0.3 is 11.1 Å². The van der Waals surface area contributed by atoms with Crippen molar-refractivity contribution in [3.8, 4) is 0 Å². The molecule has 0 fully saturated rings. The van der Waals surface area contributed by atoms with Crippen molar-refractivity contribution in [2.24, 2.45) is 5.73 Å². The molecule has 0 unspecified atom stereocenters. The lowest BCUT2D eigenvalue weighted by Crippen LogP contribution is -2.52. The van der Waals surface area contributed by atoms with Crippen molar-refractivity contribution in [3.63, 3.8) is 0 Å². The minimum Gasteiger partial charge on any atom is -0.329 e. The third-order valence-electron chi connectivity index (χ3n) is 4.58. The normalized spacial score (nSPS) is 12.3. The number of benzene rings is 2. The van der Waals surface area contributed by atoms with Gasteiger partial charge in [-0.1, -0.05) is 38.1 Å². The monoisotopic (exact) mass is 363 g/mol. The topological polar surface area (TPSA) is 101 Å². The minimum absolute atomic E-state index is 0.178. The van der Waals surface area contributed by atoms with Gasteiger partial charge in [-0.25, -0.2) is 13.1 Å². The summed E-state index contributed by atoms with van der Waals surface area (Å²) in [5.41, 5.74) is 5.74. The summed E-state index contributed by atoms with van der Waals surface area (Å²) < 4.78 is 28.8. The van der Waals surface area contributed by atoms with Crippen LogP contribution in [0.1, 0.15) is 33.6 Å². The summed E-state index contributed by atoms with van der Waals surface area (Å²) >= 11 is 0. The Balaban J connectivity index is 2.59. The molecule has 0 heterocycles. The number of nitrogens with one attached hydrogen (secondary N) is 2. The summed E-state index contributed by atoms with van der Waals surface area (Å²) in [6.07, 6.45) is 1.20. The fourth-order valence-corrected chi connectivity index (χ4v) is 4.64. The number of fused-ring (bicyclic) bond motifs is 1. The highest BCUT2D eigenvalue weighted by Crippen LogP contribution is 2.30. The lowest BCUT2D eigenvalue weighted by Gasteiger charge is -2.31. The predicted octanol–water partition coefficient (Wildman–Crippen LogP) is 2.59. The Kier molecular flexibility index (Phi) is 5.82. The molecule has 0 aliphatic carbocycles. The smallest absolute Gasteiger partial charge is 0.241 e. The van der Waals surface area contributed by atoms with E-state index in [1.54, 1.807) is 30.3 Å². The summed E-state index contributed by atoms with van der Waals surface area (Å²) in [5, 5.41) is 3.96. The predicted molar refractivity (Wildman–Crippen MR) is 101 cm³/mol. The third-order valence-corrected chi connectivity index (χ3v) is 6.22. The standard InChI is InChI=1S/C18H25N3O3S/c1-4-18(5-2,12-19)21-25(23,24)17-11-10-16(20-13(3)22)14-8-6-7-9-15(14)17/h6-11,21H,4-5,12,19H2,1-3H3,(H,20,22). The molecule has 25 heavy (non-hydrogen) atoms. The van der Waals surface area contributed by atoms with Gasteiger partial charge in [-0.2, -0.15) is 0 Å². The first kappa shape index (κ1) is 19.4. The number of hydrogen-bond donors (Lipinski definition) is 3. The lowest BCUT2D eigenvalue weighted by atomic mass is 9.95. The molecule has 0 aliphatic rings. The third kappa shape index (κ3) is 4.00. The number of sulfonamides is 1. The van der Waals surface area contributed by atoms with Crippen molar-refractivity contribution in [3.05, 3.63) is 36.4 Å². The van der Waals surface area contributed by atoms with E-state index in [2.05, 4.69) is 10.0 Å². The quantitative estimate of drug-likeness (QED) is 0.704. The Morgan fingerprint density at radius 3 is 2.20 bits per heavy atom. The van der Waals surface area contributed by atoms with Crippen LogP contribution in [0.15, 0.2) is 41.3 Å². The van der Waals surface area contributed by atoms with E-state index in [1.807, 2.05) is 13.8 Å². The van der Waals surface area contributed by atoms with Gasteiger partial charge in [0, 0.05) is 35.5 Å². The van der Waals surface area contributed by atoms with Gasteiger partial charge in [0.15, 0.2) is 0 Å². The van der Waals surface area contributed by atoms with E-state index in [-0.39, 0.29) is 17.3 Å². The maximum atomic E-state index is 13.0. The molecule has 0 spiro atoms. The molecule has 2 rings (SSSR count). The zero-order valence-electron chi connectivity index (χ0n) is 14.8. The van der Waals surface area contributed by atoms with Gasteiger partial charge in [0.05, 0.1) is 4.90 Å². The van der Waals surface area contributed by atoms with Crippen molar-refractivity contribution < 1.29 is 13.2 Å². The van der Waals surface area contributed by atoms with Gasteiger partial charge in [0.25, 0.3) is 0 Å². The molecule has 4 N–H and O–H groups in total. The SMILES string of the molecule is CCC(CC)(CN)NS(=O)(=O)c1ccc(NC(C)=O)c2ccccc12. The van der Waals surface area contributed by atoms with Crippen molar-refractivity contribution in [2.75, 3.05) is 11.9 Å². The zero-order chi connectivity index (χ0) is 18.7. The number of nitrogens with two attached hydrogens (primary N) is 1. The van der Waals surface area contributed by atoms with Crippen LogP contribution in [0.25, 0.3) is 10.8 Å². The van der Waals surface area contributed by atoms with Gasteiger partial charge in [0.1, 0.15) is 0 Å². The molecule has 136 valence electrons. The van der Waals surface area contributed by atoms with Crippen LogP contribution in [-0.2, 0) is 14.8 Å².